The van der Waals surface area contributed by atoms with Crippen LogP contribution >= 0.6 is 11.3 Å². The molecule has 0 amide bonds. The fourth-order valence-electron chi connectivity index (χ4n) is 1.55. The van der Waals surface area contributed by atoms with E-state index in [1.54, 1.807) is 17.7 Å². The molecule has 0 aliphatic carbocycles. The summed E-state index contributed by atoms with van der Waals surface area (Å²) in [4.78, 5) is 12.9. The van der Waals surface area contributed by atoms with Crippen molar-refractivity contribution in [3.05, 3.63) is 53.5 Å². The number of thiophene rings is 1. The van der Waals surface area contributed by atoms with Gasteiger partial charge in [-0.15, -0.1) is 0 Å². The second-order valence-electron chi connectivity index (χ2n) is 3.51. The second-order valence-corrected chi connectivity index (χ2v) is 4.29. The summed E-state index contributed by atoms with van der Waals surface area (Å²) in [6.45, 7) is 0. The molecule has 0 unspecified atom stereocenters. The summed E-state index contributed by atoms with van der Waals surface area (Å²) in [5, 5.41) is 4.05. The van der Waals surface area contributed by atoms with Crippen molar-refractivity contribution in [3.63, 3.8) is 0 Å². The lowest BCUT2D eigenvalue weighted by Crippen LogP contribution is -1.93. The molecule has 5 heteroatoms. The van der Waals surface area contributed by atoms with Crippen LogP contribution < -0.4 is 6.15 Å². The van der Waals surface area contributed by atoms with Gasteiger partial charge >= 0.3 is 0 Å². The van der Waals surface area contributed by atoms with Gasteiger partial charge < -0.3 is 6.15 Å². The van der Waals surface area contributed by atoms with Crippen LogP contribution in [0.4, 0.5) is 0 Å². The molecular weight excluding hydrogens is 244 g/mol. The molecule has 0 saturated heterocycles. The van der Waals surface area contributed by atoms with E-state index in [1.165, 1.54) is 0 Å². The van der Waals surface area contributed by atoms with Gasteiger partial charge in [-0.05, 0) is 11.4 Å². The van der Waals surface area contributed by atoms with Gasteiger partial charge in [-0.2, -0.15) is 11.3 Å². The minimum Gasteiger partial charge on any atom is -0.344 e. The third kappa shape index (κ3) is 2.42. The van der Waals surface area contributed by atoms with E-state index in [0.29, 0.717) is 5.82 Å². The van der Waals surface area contributed by atoms with Gasteiger partial charge in [-0.3, -0.25) is 0 Å². The van der Waals surface area contributed by atoms with Gasteiger partial charge in [-0.1, -0.05) is 30.3 Å². The third-order valence-electron chi connectivity index (χ3n) is 2.38. The van der Waals surface area contributed by atoms with Crippen molar-refractivity contribution in [2.45, 2.75) is 0 Å². The van der Waals surface area contributed by atoms with Crippen LogP contribution in [0.2, 0.25) is 0 Å². The van der Waals surface area contributed by atoms with Gasteiger partial charge in [0.25, 0.3) is 0 Å². The van der Waals surface area contributed by atoms with E-state index < -0.39 is 0 Å². The van der Waals surface area contributed by atoms with Crippen molar-refractivity contribution >= 4 is 11.3 Å². The molecule has 0 fully saturated rings. The van der Waals surface area contributed by atoms with E-state index in [0.717, 1.165) is 17.0 Å². The summed E-state index contributed by atoms with van der Waals surface area (Å²) in [6, 6.07) is 11.9. The molecule has 0 aliphatic heterocycles. The Morgan fingerprint density at radius 1 is 0.833 bits per heavy atom. The molecule has 90 valence electrons. The van der Waals surface area contributed by atoms with Gasteiger partial charge in [0.05, 0.1) is 0 Å². The fourth-order valence-corrected chi connectivity index (χ4v) is 2.19. The molecular formula is C13H12N4S. The first-order valence-electron chi connectivity index (χ1n) is 5.20. The van der Waals surface area contributed by atoms with Gasteiger partial charge in [0, 0.05) is 16.5 Å². The summed E-state index contributed by atoms with van der Waals surface area (Å²) in [5.74, 6) is 1.43. The van der Waals surface area contributed by atoms with Crippen molar-refractivity contribution in [2.24, 2.45) is 0 Å². The van der Waals surface area contributed by atoms with Gasteiger partial charge in [-0.25, -0.2) is 15.0 Å². The van der Waals surface area contributed by atoms with E-state index in [9.17, 15) is 0 Å². The Morgan fingerprint density at radius 2 is 1.56 bits per heavy atom. The molecule has 2 aromatic heterocycles. The summed E-state index contributed by atoms with van der Waals surface area (Å²) < 4.78 is 0. The molecule has 0 atom stereocenters. The van der Waals surface area contributed by atoms with E-state index in [4.69, 9.17) is 0 Å². The number of aromatic nitrogens is 3. The SMILES string of the molecule is N.c1ccc(-c2ncnc(-c3ccsc3)n2)cc1. The van der Waals surface area contributed by atoms with Gasteiger partial charge in [0.2, 0.25) is 0 Å². The zero-order chi connectivity index (χ0) is 11.5. The Kier molecular flexibility index (Phi) is 3.76. The molecule has 18 heavy (non-hydrogen) atoms. The van der Waals surface area contributed by atoms with Crippen LogP contribution in [0.3, 0.4) is 0 Å². The molecule has 0 aliphatic rings. The maximum atomic E-state index is 4.47. The number of nitrogens with zero attached hydrogens (tertiary/aromatic N) is 3. The van der Waals surface area contributed by atoms with Crippen LogP contribution in [0.1, 0.15) is 0 Å². The standard InChI is InChI=1S/C13H9N3S.H3N/c1-2-4-10(5-3-1)12-14-9-15-13(16-12)11-6-7-17-8-11;/h1-9H;1H3. The molecule has 2 heterocycles. The number of rotatable bonds is 2. The molecule has 3 N–H and O–H groups in total. The smallest absolute Gasteiger partial charge is 0.164 e. The molecule has 4 nitrogen and oxygen atoms in total. The quantitative estimate of drug-likeness (QED) is 0.762. The van der Waals surface area contributed by atoms with Crippen LogP contribution in [0, 0.1) is 0 Å². The number of hydrogen-bond donors (Lipinski definition) is 1. The Labute approximate surface area is 109 Å². The summed E-state index contributed by atoms with van der Waals surface area (Å²) in [6.07, 6.45) is 1.56. The topological polar surface area (TPSA) is 73.7 Å². The lowest BCUT2D eigenvalue weighted by Gasteiger charge is -2.01. The van der Waals surface area contributed by atoms with Crippen LogP contribution in [-0.4, -0.2) is 15.0 Å². The van der Waals surface area contributed by atoms with E-state index in [2.05, 4.69) is 15.0 Å². The van der Waals surface area contributed by atoms with Crippen molar-refractivity contribution in [1.82, 2.24) is 21.1 Å². The second kappa shape index (κ2) is 5.48. The lowest BCUT2D eigenvalue weighted by atomic mass is 10.2. The normalized spacial score (nSPS) is 9.78. The summed E-state index contributed by atoms with van der Waals surface area (Å²) in [5.41, 5.74) is 2.04. The van der Waals surface area contributed by atoms with E-state index in [-0.39, 0.29) is 6.15 Å². The monoisotopic (exact) mass is 256 g/mol. The fraction of sp³-hybridized carbons (Fsp3) is 0. The Morgan fingerprint density at radius 3 is 2.22 bits per heavy atom. The number of benzene rings is 1. The van der Waals surface area contributed by atoms with Crippen molar-refractivity contribution < 1.29 is 0 Å². The predicted octanol–water partition coefficient (Wildman–Crippen LogP) is 3.43. The average molecular weight is 256 g/mol. The van der Waals surface area contributed by atoms with Crippen LogP contribution in [0.5, 0.6) is 0 Å². The molecule has 0 saturated carbocycles. The largest absolute Gasteiger partial charge is 0.344 e. The summed E-state index contributed by atoms with van der Waals surface area (Å²) in [7, 11) is 0. The first-order valence-corrected chi connectivity index (χ1v) is 6.15. The minimum atomic E-state index is 0. The third-order valence-corrected chi connectivity index (χ3v) is 3.07. The minimum absolute atomic E-state index is 0. The van der Waals surface area contributed by atoms with Gasteiger partial charge in [0.15, 0.2) is 11.6 Å². The first-order chi connectivity index (χ1) is 8.43. The van der Waals surface area contributed by atoms with Crippen LogP contribution in [-0.2, 0) is 0 Å². The van der Waals surface area contributed by atoms with E-state index >= 15 is 0 Å². The van der Waals surface area contributed by atoms with Crippen molar-refractivity contribution in [2.75, 3.05) is 0 Å². The highest BCUT2D eigenvalue weighted by Crippen LogP contribution is 2.20. The Balaban J connectivity index is 0.00000120. The Hall–Kier alpha value is -2.11. The highest BCUT2D eigenvalue weighted by Gasteiger charge is 2.05. The maximum Gasteiger partial charge on any atom is 0.164 e. The highest BCUT2D eigenvalue weighted by molar-refractivity contribution is 7.08. The van der Waals surface area contributed by atoms with Crippen molar-refractivity contribution in [1.29, 1.82) is 0 Å². The molecule has 0 spiro atoms. The predicted molar refractivity (Wildman–Crippen MR) is 73.6 cm³/mol. The maximum absolute atomic E-state index is 4.47. The van der Waals surface area contributed by atoms with Crippen LogP contribution in [0.25, 0.3) is 22.8 Å². The Bertz CT molecular complexity index is 608. The first kappa shape index (κ1) is 12.3. The molecule has 0 bridgehead atoms. The van der Waals surface area contributed by atoms with E-state index in [1.807, 2.05) is 47.2 Å². The average Bonchev–Trinajstić information content (AvgIpc) is 2.94. The lowest BCUT2D eigenvalue weighted by molar-refractivity contribution is 1.07. The molecule has 3 aromatic rings. The number of hydrogen-bond acceptors (Lipinski definition) is 5. The zero-order valence-corrected chi connectivity index (χ0v) is 10.5. The summed E-state index contributed by atoms with van der Waals surface area (Å²) >= 11 is 1.64. The molecule has 1 aromatic carbocycles. The van der Waals surface area contributed by atoms with Gasteiger partial charge in [0.1, 0.15) is 6.33 Å². The molecule has 3 rings (SSSR count). The molecule has 0 radical (unpaired) electrons. The zero-order valence-electron chi connectivity index (χ0n) is 9.65. The van der Waals surface area contributed by atoms with Crippen LogP contribution in [0.15, 0.2) is 53.5 Å². The highest BCUT2D eigenvalue weighted by atomic mass is 32.1. The van der Waals surface area contributed by atoms with Crippen molar-refractivity contribution in [3.8, 4) is 22.8 Å².